The zero-order valence-corrected chi connectivity index (χ0v) is 13.0. The molecule has 1 aromatic rings. The first-order valence-corrected chi connectivity index (χ1v) is 8.16. The summed E-state index contributed by atoms with van der Waals surface area (Å²) < 4.78 is 0. The van der Waals surface area contributed by atoms with Crippen LogP contribution in [0.1, 0.15) is 23.2 Å². The van der Waals surface area contributed by atoms with Gasteiger partial charge in [-0.3, -0.25) is 9.69 Å². The Morgan fingerprint density at radius 2 is 1.95 bits per heavy atom. The number of aromatic nitrogens is 1. The van der Waals surface area contributed by atoms with Gasteiger partial charge in [0.1, 0.15) is 5.82 Å². The van der Waals surface area contributed by atoms with Gasteiger partial charge in [-0.2, -0.15) is 0 Å². The van der Waals surface area contributed by atoms with Gasteiger partial charge in [-0.1, -0.05) is 0 Å². The third kappa shape index (κ3) is 3.75. The van der Waals surface area contributed by atoms with Crippen molar-refractivity contribution in [2.75, 3.05) is 50.7 Å². The van der Waals surface area contributed by atoms with Crippen molar-refractivity contribution in [3.05, 3.63) is 23.9 Å². The van der Waals surface area contributed by atoms with Crippen LogP contribution in [0.5, 0.6) is 0 Å². The lowest BCUT2D eigenvalue weighted by molar-refractivity contribution is 0.1000. The maximum atomic E-state index is 11.1. The quantitative estimate of drug-likeness (QED) is 0.837. The summed E-state index contributed by atoms with van der Waals surface area (Å²) in [6.07, 6.45) is 4.17. The smallest absolute Gasteiger partial charge is 0.250 e. The van der Waals surface area contributed by atoms with Gasteiger partial charge in [-0.05, 0) is 44.0 Å². The van der Waals surface area contributed by atoms with Crippen molar-refractivity contribution in [3.8, 4) is 0 Å². The van der Waals surface area contributed by atoms with E-state index in [2.05, 4.69) is 20.1 Å². The Kier molecular flexibility index (Phi) is 4.90. The molecule has 6 heteroatoms. The number of pyridine rings is 1. The van der Waals surface area contributed by atoms with Gasteiger partial charge in [-0.25, -0.2) is 4.98 Å². The molecule has 0 saturated carbocycles. The Morgan fingerprint density at radius 3 is 2.55 bits per heavy atom. The van der Waals surface area contributed by atoms with E-state index in [1.807, 2.05) is 6.07 Å². The fourth-order valence-electron chi connectivity index (χ4n) is 3.31. The minimum Gasteiger partial charge on any atom is -0.366 e. The normalized spacial score (nSPS) is 21.0. The molecular formula is C16H25N5O. The zero-order valence-electron chi connectivity index (χ0n) is 13.0. The molecule has 0 bridgehead atoms. The van der Waals surface area contributed by atoms with Crippen LogP contribution in [0.3, 0.4) is 0 Å². The van der Waals surface area contributed by atoms with E-state index in [-0.39, 0.29) is 0 Å². The second-order valence-electron chi connectivity index (χ2n) is 6.25. The molecule has 2 saturated heterocycles. The van der Waals surface area contributed by atoms with Crippen molar-refractivity contribution in [1.82, 2.24) is 15.2 Å². The lowest BCUT2D eigenvalue weighted by Gasteiger charge is -2.37. The number of primary amides is 1. The van der Waals surface area contributed by atoms with E-state index in [1.165, 1.54) is 32.5 Å². The number of rotatable bonds is 4. The molecule has 1 aromatic heterocycles. The minimum atomic E-state index is -0.425. The van der Waals surface area contributed by atoms with Crippen LogP contribution in [0.4, 0.5) is 5.82 Å². The molecule has 22 heavy (non-hydrogen) atoms. The third-order valence-corrected chi connectivity index (χ3v) is 4.70. The first-order valence-electron chi connectivity index (χ1n) is 8.16. The average molecular weight is 303 g/mol. The maximum absolute atomic E-state index is 11.1. The molecule has 3 rings (SSSR count). The van der Waals surface area contributed by atoms with Crippen molar-refractivity contribution < 1.29 is 4.79 Å². The molecule has 0 radical (unpaired) electrons. The van der Waals surface area contributed by atoms with Gasteiger partial charge in [0.05, 0.1) is 5.56 Å². The summed E-state index contributed by atoms with van der Waals surface area (Å²) in [6, 6.07) is 3.65. The van der Waals surface area contributed by atoms with E-state index in [0.29, 0.717) is 5.56 Å². The lowest BCUT2D eigenvalue weighted by Crippen LogP contribution is -2.48. The average Bonchev–Trinajstić information content (AvgIpc) is 2.57. The van der Waals surface area contributed by atoms with Crippen LogP contribution < -0.4 is 16.0 Å². The van der Waals surface area contributed by atoms with Gasteiger partial charge in [0.25, 0.3) is 0 Å². The summed E-state index contributed by atoms with van der Waals surface area (Å²) in [5.41, 5.74) is 5.71. The monoisotopic (exact) mass is 303 g/mol. The minimum absolute atomic E-state index is 0.425. The molecule has 2 aliphatic heterocycles. The summed E-state index contributed by atoms with van der Waals surface area (Å²) >= 11 is 0. The molecule has 120 valence electrons. The van der Waals surface area contributed by atoms with Gasteiger partial charge >= 0.3 is 0 Å². The maximum Gasteiger partial charge on any atom is 0.250 e. The van der Waals surface area contributed by atoms with Crippen LogP contribution in [-0.4, -0.2) is 61.6 Å². The number of nitrogens with one attached hydrogen (secondary N) is 1. The van der Waals surface area contributed by atoms with Gasteiger partial charge in [0, 0.05) is 38.9 Å². The zero-order chi connectivity index (χ0) is 15.4. The second-order valence-corrected chi connectivity index (χ2v) is 6.25. The summed E-state index contributed by atoms with van der Waals surface area (Å²) in [5, 5.41) is 3.43. The predicted octanol–water partition coefficient (Wildman–Crippen LogP) is 0.302. The number of amides is 1. The highest BCUT2D eigenvalue weighted by molar-refractivity contribution is 5.92. The Morgan fingerprint density at radius 1 is 1.23 bits per heavy atom. The molecule has 6 nitrogen and oxygen atoms in total. The molecular weight excluding hydrogens is 278 g/mol. The van der Waals surface area contributed by atoms with Crippen LogP contribution >= 0.6 is 0 Å². The van der Waals surface area contributed by atoms with Crippen LogP contribution in [0.25, 0.3) is 0 Å². The summed E-state index contributed by atoms with van der Waals surface area (Å²) in [5.74, 6) is 1.36. The Bertz CT molecular complexity index is 490. The SMILES string of the molecule is NC(=O)c1ccc(N2CCN(CC3CCNCC3)CC2)nc1. The highest BCUT2D eigenvalue weighted by Crippen LogP contribution is 2.17. The number of hydrogen-bond donors (Lipinski definition) is 2. The third-order valence-electron chi connectivity index (χ3n) is 4.70. The van der Waals surface area contributed by atoms with E-state index < -0.39 is 5.91 Å². The summed E-state index contributed by atoms with van der Waals surface area (Å²) in [4.78, 5) is 20.3. The molecule has 0 spiro atoms. The number of anilines is 1. The number of carbonyl (C=O) groups is 1. The fourth-order valence-corrected chi connectivity index (χ4v) is 3.31. The van der Waals surface area contributed by atoms with Crippen molar-refractivity contribution in [3.63, 3.8) is 0 Å². The Balaban J connectivity index is 1.49. The van der Waals surface area contributed by atoms with Gasteiger partial charge < -0.3 is 16.0 Å². The van der Waals surface area contributed by atoms with Gasteiger partial charge in [-0.15, -0.1) is 0 Å². The van der Waals surface area contributed by atoms with E-state index in [1.54, 1.807) is 12.3 Å². The van der Waals surface area contributed by atoms with Crippen molar-refractivity contribution >= 4 is 11.7 Å². The van der Waals surface area contributed by atoms with E-state index in [0.717, 1.165) is 37.9 Å². The standard InChI is InChI=1S/C16H25N5O/c17-16(22)14-1-2-15(19-11-14)21-9-7-20(8-10-21)12-13-3-5-18-6-4-13/h1-2,11,13,18H,3-10,12H2,(H2,17,22). The van der Waals surface area contributed by atoms with E-state index in [4.69, 9.17) is 5.73 Å². The molecule has 3 N–H and O–H groups in total. The van der Waals surface area contributed by atoms with E-state index >= 15 is 0 Å². The summed E-state index contributed by atoms with van der Waals surface area (Å²) in [7, 11) is 0. The fraction of sp³-hybridized carbons (Fsp3) is 0.625. The molecule has 0 aliphatic carbocycles. The Labute approximate surface area is 131 Å². The van der Waals surface area contributed by atoms with Crippen molar-refractivity contribution in [2.24, 2.45) is 11.7 Å². The first-order chi connectivity index (χ1) is 10.7. The molecule has 1 amide bonds. The van der Waals surface area contributed by atoms with Crippen molar-refractivity contribution in [1.29, 1.82) is 0 Å². The molecule has 2 aliphatic rings. The van der Waals surface area contributed by atoms with Crippen molar-refractivity contribution in [2.45, 2.75) is 12.8 Å². The molecule has 0 aromatic carbocycles. The largest absolute Gasteiger partial charge is 0.366 e. The number of carbonyl (C=O) groups excluding carboxylic acids is 1. The highest BCUT2D eigenvalue weighted by Gasteiger charge is 2.22. The molecule has 2 fully saturated rings. The van der Waals surface area contributed by atoms with Crippen LogP contribution in [0, 0.1) is 5.92 Å². The van der Waals surface area contributed by atoms with Crippen LogP contribution in [-0.2, 0) is 0 Å². The number of nitrogens with zero attached hydrogens (tertiary/aromatic N) is 3. The Hall–Kier alpha value is -1.66. The number of piperidine rings is 1. The first kappa shape index (κ1) is 15.2. The number of piperazine rings is 1. The topological polar surface area (TPSA) is 74.5 Å². The highest BCUT2D eigenvalue weighted by atomic mass is 16.1. The lowest BCUT2D eigenvalue weighted by atomic mass is 9.97. The predicted molar refractivity (Wildman–Crippen MR) is 87.0 cm³/mol. The second kappa shape index (κ2) is 7.07. The van der Waals surface area contributed by atoms with Crippen LogP contribution in [0.15, 0.2) is 18.3 Å². The number of hydrogen-bond acceptors (Lipinski definition) is 5. The van der Waals surface area contributed by atoms with Gasteiger partial charge in [0.15, 0.2) is 0 Å². The number of nitrogens with two attached hydrogens (primary N) is 1. The molecule has 0 unspecified atom stereocenters. The summed E-state index contributed by atoms with van der Waals surface area (Å²) in [6.45, 7) is 7.72. The van der Waals surface area contributed by atoms with E-state index in [9.17, 15) is 4.79 Å². The van der Waals surface area contributed by atoms with Gasteiger partial charge in [0.2, 0.25) is 5.91 Å². The van der Waals surface area contributed by atoms with Crippen LogP contribution in [0.2, 0.25) is 0 Å². The molecule has 0 atom stereocenters. The molecule has 3 heterocycles.